The van der Waals surface area contributed by atoms with E-state index >= 15 is 0 Å². The van der Waals surface area contributed by atoms with Gasteiger partial charge in [0.25, 0.3) is 0 Å². The fourth-order valence-corrected chi connectivity index (χ4v) is 2.06. The van der Waals surface area contributed by atoms with Crippen molar-refractivity contribution < 1.29 is 4.79 Å². The smallest absolute Gasteiger partial charge is 0.240 e. The number of hydrogen-bond donors (Lipinski definition) is 2. The third-order valence-corrected chi connectivity index (χ3v) is 2.72. The molecule has 3 nitrogen and oxygen atoms in total. The van der Waals surface area contributed by atoms with Gasteiger partial charge in [0.05, 0.1) is 5.41 Å². The van der Waals surface area contributed by atoms with Gasteiger partial charge in [0.2, 0.25) is 5.91 Å². The van der Waals surface area contributed by atoms with Crippen LogP contribution in [0.1, 0.15) is 39.5 Å². The molecule has 0 saturated heterocycles. The van der Waals surface area contributed by atoms with E-state index in [0.717, 1.165) is 19.3 Å². The molecule has 1 saturated carbocycles. The Kier molecular flexibility index (Phi) is 2.73. The van der Waals surface area contributed by atoms with E-state index in [1.54, 1.807) is 0 Å². The molecule has 1 aliphatic rings. The van der Waals surface area contributed by atoms with Crippen LogP contribution in [0.3, 0.4) is 0 Å². The maximum absolute atomic E-state index is 11.4. The summed E-state index contributed by atoms with van der Waals surface area (Å²) in [6, 6.07) is 0. The van der Waals surface area contributed by atoms with Gasteiger partial charge in [-0.3, -0.25) is 10.2 Å². The Morgan fingerprint density at radius 1 is 1.58 bits per heavy atom. The summed E-state index contributed by atoms with van der Waals surface area (Å²) in [4.78, 5) is 11.4. The summed E-state index contributed by atoms with van der Waals surface area (Å²) >= 11 is 0. The highest BCUT2D eigenvalue weighted by Crippen LogP contribution is 2.45. The molecule has 0 atom stereocenters. The number of hydrazine groups is 1. The highest BCUT2D eigenvalue weighted by atomic mass is 16.2. The van der Waals surface area contributed by atoms with Crippen molar-refractivity contribution in [2.24, 2.45) is 17.2 Å². The number of nitrogens with two attached hydrogens (primary N) is 1. The summed E-state index contributed by atoms with van der Waals surface area (Å²) in [7, 11) is 0. The molecular formula is C9H18N2O. The van der Waals surface area contributed by atoms with E-state index in [1.165, 1.54) is 6.42 Å². The van der Waals surface area contributed by atoms with E-state index in [2.05, 4.69) is 19.3 Å². The topological polar surface area (TPSA) is 55.1 Å². The molecule has 0 bridgehead atoms. The van der Waals surface area contributed by atoms with Crippen LogP contribution in [0.2, 0.25) is 0 Å². The highest BCUT2D eigenvalue weighted by molar-refractivity contribution is 5.82. The van der Waals surface area contributed by atoms with Crippen molar-refractivity contribution in [3.63, 3.8) is 0 Å². The van der Waals surface area contributed by atoms with Gasteiger partial charge in [-0.05, 0) is 25.2 Å². The Bertz CT molecular complexity index is 173. The molecule has 12 heavy (non-hydrogen) atoms. The number of carbonyl (C=O) groups is 1. The molecule has 3 N–H and O–H groups in total. The number of rotatable bonds is 3. The van der Waals surface area contributed by atoms with Gasteiger partial charge in [0, 0.05) is 0 Å². The second kappa shape index (κ2) is 3.44. The molecule has 0 aromatic heterocycles. The van der Waals surface area contributed by atoms with Gasteiger partial charge < -0.3 is 0 Å². The molecule has 1 rings (SSSR count). The maximum Gasteiger partial charge on any atom is 0.240 e. The standard InChI is InChI=1S/C9H18N2O/c1-7(2)6-9(4-3-5-9)8(12)11-10/h7H,3-6,10H2,1-2H3,(H,11,12). The second-order valence-electron chi connectivity index (χ2n) is 4.21. The monoisotopic (exact) mass is 170 g/mol. The summed E-state index contributed by atoms with van der Waals surface area (Å²) in [6.45, 7) is 4.29. The number of hydrogen-bond acceptors (Lipinski definition) is 2. The fraction of sp³-hybridized carbons (Fsp3) is 0.889. The van der Waals surface area contributed by atoms with Crippen LogP contribution >= 0.6 is 0 Å². The second-order valence-corrected chi connectivity index (χ2v) is 4.21. The van der Waals surface area contributed by atoms with Crippen molar-refractivity contribution in [1.82, 2.24) is 5.43 Å². The quantitative estimate of drug-likeness (QED) is 0.380. The molecule has 0 aliphatic heterocycles. The molecule has 70 valence electrons. The SMILES string of the molecule is CC(C)CC1(C(=O)NN)CCC1. The summed E-state index contributed by atoms with van der Waals surface area (Å²) in [6.07, 6.45) is 4.15. The average Bonchev–Trinajstić information content (AvgIpc) is 1.95. The summed E-state index contributed by atoms with van der Waals surface area (Å²) in [5, 5.41) is 0. The third kappa shape index (κ3) is 1.61. The Hall–Kier alpha value is -0.570. The van der Waals surface area contributed by atoms with Crippen molar-refractivity contribution in [3.05, 3.63) is 0 Å². The highest BCUT2D eigenvalue weighted by Gasteiger charge is 2.43. The molecule has 0 unspecified atom stereocenters. The number of carbonyl (C=O) groups excluding carboxylic acids is 1. The largest absolute Gasteiger partial charge is 0.294 e. The zero-order valence-corrected chi connectivity index (χ0v) is 7.89. The van der Waals surface area contributed by atoms with Gasteiger partial charge in [0.15, 0.2) is 0 Å². The first-order valence-electron chi connectivity index (χ1n) is 4.62. The summed E-state index contributed by atoms with van der Waals surface area (Å²) in [5.41, 5.74) is 2.15. The van der Waals surface area contributed by atoms with Crippen LogP contribution in [0, 0.1) is 11.3 Å². The lowest BCUT2D eigenvalue weighted by Gasteiger charge is -2.40. The maximum atomic E-state index is 11.4. The van der Waals surface area contributed by atoms with E-state index in [4.69, 9.17) is 5.84 Å². The predicted molar refractivity (Wildman–Crippen MR) is 48.1 cm³/mol. The molecule has 0 aromatic carbocycles. The normalized spacial score (nSPS) is 20.3. The zero-order chi connectivity index (χ0) is 9.19. The van der Waals surface area contributed by atoms with Crippen LogP contribution in [0.15, 0.2) is 0 Å². The van der Waals surface area contributed by atoms with E-state index in [-0.39, 0.29) is 11.3 Å². The van der Waals surface area contributed by atoms with Gasteiger partial charge in [-0.15, -0.1) is 0 Å². The van der Waals surface area contributed by atoms with Crippen molar-refractivity contribution in [3.8, 4) is 0 Å². The minimum atomic E-state index is -0.122. The molecule has 0 radical (unpaired) electrons. The van der Waals surface area contributed by atoms with Crippen LogP contribution in [0.4, 0.5) is 0 Å². The van der Waals surface area contributed by atoms with Crippen LogP contribution < -0.4 is 11.3 Å². The lowest BCUT2D eigenvalue weighted by Crippen LogP contribution is -2.48. The van der Waals surface area contributed by atoms with Gasteiger partial charge in [0.1, 0.15) is 0 Å². The first-order chi connectivity index (χ1) is 5.60. The Morgan fingerprint density at radius 3 is 2.42 bits per heavy atom. The van der Waals surface area contributed by atoms with Crippen molar-refractivity contribution >= 4 is 5.91 Å². The lowest BCUT2D eigenvalue weighted by atomic mass is 9.64. The molecule has 1 aliphatic carbocycles. The molecule has 3 heteroatoms. The van der Waals surface area contributed by atoms with Gasteiger partial charge >= 0.3 is 0 Å². The minimum absolute atomic E-state index is 0.0300. The predicted octanol–water partition coefficient (Wildman–Crippen LogP) is 1.19. The molecule has 1 amide bonds. The van der Waals surface area contributed by atoms with Crippen molar-refractivity contribution in [2.45, 2.75) is 39.5 Å². The number of nitrogens with one attached hydrogen (secondary N) is 1. The van der Waals surface area contributed by atoms with Crippen LogP contribution in [-0.2, 0) is 4.79 Å². The van der Waals surface area contributed by atoms with Crippen molar-refractivity contribution in [2.75, 3.05) is 0 Å². The Morgan fingerprint density at radius 2 is 2.17 bits per heavy atom. The van der Waals surface area contributed by atoms with Crippen LogP contribution in [-0.4, -0.2) is 5.91 Å². The average molecular weight is 170 g/mol. The van der Waals surface area contributed by atoms with E-state index in [1.807, 2.05) is 0 Å². The first kappa shape index (κ1) is 9.52. The Labute approximate surface area is 73.7 Å². The fourth-order valence-electron chi connectivity index (χ4n) is 2.06. The summed E-state index contributed by atoms with van der Waals surface area (Å²) < 4.78 is 0. The minimum Gasteiger partial charge on any atom is -0.294 e. The molecular weight excluding hydrogens is 152 g/mol. The van der Waals surface area contributed by atoms with Gasteiger partial charge in [-0.2, -0.15) is 0 Å². The van der Waals surface area contributed by atoms with E-state index in [0.29, 0.717) is 5.92 Å². The number of amides is 1. The molecule has 0 spiro atoms. The molecule has 1 fully saturated rings. The van der Waals surface area contributed by atoms with Gasteiger partial charge in [-0.25, -0.2) is 5.84 Å². The van der Waals surface area contributed by atoms with E-state index < -0.39 is 0 Å². The van der Waals surface area contributed by atoms with Crippen LogP contribution in [0.5, 0.6) is 0 Å². The Balaban J connectivity index is 2.56. The first-order valence-corrected chi connectivity index (χ1v) is 4.62. The van der Waals surface area contributed by atoms with Crippen molar-refractivity contribution in [1.29, 1.82) is 0 Å². The molecule has 0 aromatic rings. The lowest BCUT2D eigenvalue weighted by molar-refractivity contribution is -0.137. The molecule has 0 heterocycles. The zero-order valence-electron chi connectivity index (χ0n) is 7.89. The van der Waals surface area contributed by atoms with Crippen LogP contribution in [0.25, 0.3) is 0 Å². The summed E-state index contributed by atoms with van der Waals surface area (Å²) in [5.74, 6) is 5.75. The van der Waals surface area contributed by atoms with E-state index in [9.17, 15) is 4.79 Å². The van der Waals surface area contributed by atoms with Gasteiger partial charge in [-0.1, -0.05) is 20.3 Å². The third-order valence-electron chi connectivity index (χ3n) is 2.72.